The number of hydrogen-bond donors (Lipinski definition) is 2. The molecule has 0 spiro atoms. The number of ether oxygens (including phenoxy) is 1. The first-order valence-corrected chi connectivity index (χ1v) is 6.51. The van der Waals surface area contributed by atoms with Gasteiger partial charge in [-0.15, -0.1) is 0 Å². The molecule has 0 bridgehead atoms. The van der Waals surface area contributed by atoms with Crippen LogP contribution in [-0.4, -0.2) is 21.9 Å². The highest BCUT2D eigenvalue weighted by atomic mass is 16.6. The Balaban J connectivity index is 2.00. The van der Waals surface area contributed by atoms with Crippen molar-refractivity contribution in [1.29, 1.82) is 0 Å². The molecule has 1 fully saturated rings. The lowest BCUT2D eigenvalue weighted by molar-refractivity contribution is 0.317. The smallest absolute Gasteiger partial charge is 0.119 e. The largest absolute Gasteiger partial charge is 0.508 e. The fourth-order valence-electron chi connectivity index (χ4n) is 2.39. The Hall–Kier alpha value is -1.22. The molecule has 1 aliphatic heterocycles. The van der Waals surface area contributed by atoms with Gasteiger partial charge in [-0.05, 0) is 57.2 Å². The Morgan fingerprint density at radius 3 is 2.44 bits per heavy atom. The minimum Gasteiger partial charge on any atom is -0.508 e. The van der Waals surface area contributed by atoms with E-state index in [0.717, 1.165) is 18.4 Å². The number of rotatable bonds is 4. The first-order valence-electron chi connectivity index (χ1n) is 6.51. The van der Waals surface area contributed by atoms with Gasteiger partial charge in [-0.25, -0.2) is 0 Å². The normalized spacial score (nSPS) is 22.8. The van der Waals surface area contributed by atoms with E-state index in [1.807, 2.05) is 0 Å². The van der Waals surface area contributed by atoms with Gasteiger partial charge in [-0.1, -0.05) is 6.92 Å². The van der Waals surface area contributed by atoms with Crippen LogP contribution in [0.2, 0.25) is 0 Å². The third-order valence-electron chi connectivity index (χ3n) is 3.90. The van der Waals surface area contributed by atoms with Crippen LogP contribution in [0.25, 0.3) is 0 Å². The summed E-state index contributed by atoms with van der Waals surface area (Å²) in [5, 5.41) is 19.6. The van der Waals surface area contributed by atoms with Gasteiger partial charge in [0.05, 0.1) is 11.7 Å². The fourth-order valence-corrected chi connectivity index (χ4v) is 2.39. The van der Waals surface area contributed by atoms with E-state index in [1.165, 1.54) is 0 Å². The first-order chi connectivity index (χ1) is 8.31. The van der Waals surface area contributed by atoms with Crippen molar-refractivity contribution in [2.45, 2.75) is 58.2 Å². The molecule has 18 heavy (non-hydrogen) atoms. The van der Waals surface area contributed by atoms with E-state index in [4.69, 9.17) is 4.74 Å². The lowest BCUT2D eigenvalue weighted by atomic mass is 9.92. The Labute approximate surface area is 108 Å². The fraction of sp³-hybridized carbons (Fsp3) is 0.600. The van der Waals surface area contributed by atoms with Gasteiger partial charge >= 0.3 is 0 Å². The van der Waals surface area contributed by atoms with E-state index in [-0.39, 0.29) is 23.0 Å². The number of phenolic OH excluding ortho intramolecular Hbond substituents is 2. The van der Waals surface area contributed by atoms with Crippen LogP contribution in [0.1, 0.15) is 50.7 Å². The van der Waals surface area contributed by atoms with Crippen molar-refractivity contribution < 1.29 is 14.9 Å². The molecule has 1 saturated heterocycles. The second-order valence-corrected chi connectivity index (χ2v) is 5.89. The van der Waals surface area contributed by atoms with E-state index < -0.39 is 0 Å². The molecule has 2 N–H and O–H groups in total. The van der Waals surface area contributed by atoms with Crippen molar-refractivity contribution in [3.05, 3.63) is 23.3 Å². The minimum absolute atomic E-state index is 0.0250. The average molecular weight is 250 g/mol. The molecule has 3 nitrogen and oxygen atoms in total. The summed E-state index contributed by atoms with van der Waals surface area (Å²) in [4.78, 5) is 0. The van der Waals surface area contributed by atoms with Gasteiger partial charge in [0.2, 0.25) is 0 Å². The molecule has 2 rings (SSSR count). The summed E-state index contributed by atoms with van der Waals surface area (Å²) < 4.78 is 5.55. The number of hydrogen-bond acceptors (Lipinski definition) is 3. The topological polar surface area (TPSA) is 53.0 Å². The van der Waals surface area contributed by atoms with Crippen LogP contribution in [0.4, 0.5) is 0 Å². The van der Waals surface area contributed by atoms with Gasteiger partial charge in [-0.2, -0.15) is 0 Å². The van der Waals surface area contributed by atoms with Crippen LogP contribution < -0.4 is 0 Å². The molecular formula is C15H22O3. The van der Waals surface area contributed by atoms with Crippen molar-refractivity contribution in [1.82, 2.24) is 0 Å². The van der Waals surface area contributed by atoms with Gasteiger partial charge in [-0.3, -0.25) is 0 Å². The standard InChI is InChI=1S/C15H22O3/c1-9(5-6-14-15(3,4)18-14)11-8-12(16)10(2)7-13(11)17/h7-9,14,16-17H,5-6H2,1-4H3/t9-,14+/m0/s1. The molecule has 100 valence electrons. The predicted octanol–water partition coefficient (Wildman–Crippen LogP) is 3.47. The van der Waals surface area contributed by atoms with Gasteiger partial charge in [0, 0.05) is 5.56 Å². The third kappa shape index (κ3) is 2.61. The van der Waals surface area contributed by atoms with E-state index in [0.29, 0.717) is 11.7 Å². The zero-order chi connectivity index (χ0) is 13.5. The van der Waals surface area contributed by atoms with E-state index in [1.54, 1.807) is 19.1 Å². The predicted molar refractivity (Wildman–Crippen MR) is 71.1 cm³/mol. The summed E-state index contributed by atoms with van der Waals surface area (Å²) in [7, 11) is 0. The summed E-state index contributed by atoms with van der Waals surface area (Å²) in [5.41, 5.74) is 1.55. The second kappa shape index (κ2) is 4.47. The maximum absolute atomic E-state index is 9.93. The van der Waals surface area contributed by atoms with Gasteiger partial charge in [0.25, 0.3) is 0 Å². The van der Waals surface area contributed by atoms with Crippen molar-refractivity contribution in [3.8, 4) is 11.5 Å². The number of epoxide rings is 1. The van der Waals surface area contributed by atoms with Crippen LogP contribution >= 0.6 is 0 Å². The van der Waals surface area contributed by atoms with Crippen LogP contribution in [-0.2, 0) is 4.74 Å². The van der Waals surface area contributed by atoms with Crippen LogP contribution in [0.3, 0.4) is 0 Å². The molecule has 0 amide bonds. The monoisotopic (exact) mass is 250 g/mol. The lowest BCUT2D eigenvalue weighted by Gasteiger charge is -2.14. The summed E-state index contributed by atoms with van der Waals surface area (Å²) >= 11 is 0. The Bertz CT molecular complexity index is 451. The van der Waals surface area contributed by atoms with Crippen molar-refractivity contribution in [3.63, 3.8) is 0 Å². The van der Waals surface area contributed by atoms with Crippen molar-refractivity contribution >= 4 is 0 Å². The molecule has 1 aromatic rings. The summed E-state index contributed by atoms with van der Waals surface area (Å²) in [6.07, 6.45) is 2.27. The van der Waals surface area contributed by atoms with E-state index in [9.17, 15) is 10.2 Å². The van der Waals surface area contributed by atoms with Gasteiger partial charge in [0.15, 0.2) is 0 Å². The molecule has 0 aliphatic carbocycles. The quantitative estimate of drug-likeness (QED) is 0.635. The number of benzene rings is 1. The molecule has 1 heterocycles. The first kappa shape index (κ1) is 13.2. The average Bonchev–Trinajstić information content (AvgIpc) is 2.88. The zero-order valence-electron chi connectivity index (χ0n) is 11.5. The second-order valence-electron chi connectivity index (χ2n) is 5.89. The van der Waals surface area contributed by atoms with Crippen LogP contribution in [0.15, 0.2) is 12.1 Å². The van der Waals surface area contributed by atoms with Crippen LogP contribution in [0.5, 0.6) is 11.5 Å². The zero-order valence-corrected chi connectivity index (χ0v) is 11.5. The number of aromatic hydroxyl groups is 2. The molecule has 2 atom stereocenters. The highest BCUT2D eigenvalue weighted by Gasteiger charge is 2.47. The van der Waals surface area contributed by atoms with Crippen molar-refractivity contribution in [2.75, 3.05) is 0 Å². The maximum Gasteiger partial charge on any atom is 0.119 e. The molecule has 0 radical (unpaired) electrons. The van der Waals surface area contributed by atoms with Gasteiger partial charge < -0.3 is 14.9 Å². The molecule has 0 saturated carbocycles. The van der Waals surface area contributed by atoms with Crippen molar-refractivity contribution in [2.24, 2.45) is 0 Å². The summed E-state index contributed by atoms with van der Waals surface area (Å²) in [6.45, 7) is 8.04. The number of aryl methyl sites for hydroxylation is 1. The molecular weight excluding hydrogens is 228 g/mol. The SMILES string of the molecule is Cc1cc(O)c([C@@H](C)CC[C@H]2OC2(C)C)cc1O. The molecule has 1 aliphatic rings. The van der Waals surface area contributed by atoms with E-state index in [2.05, 4.69) is 20.8 Å². The summed E-state index contributed by atoms with van der Waals surface area (Å²) in [6, 6.07) is 3.30. The molecule has 0 aromatic heterocycles. The molecule has 0 unspecified atom stereocenters. The third-order valence-corrected chi connectivity index (χ3v) is 3.90. The van der Waals surface area contributed by atoms with Gasteiger partial charge in [0.1, 0.15) is 11.5 Å². The number of phenols is 2. The Morgan fingerprint density at radius 1 is 1.28 bits per heavy atom. The van der Waals surface area contributed by atoms with Crippen LogP contribution in [0, 0.1) is 6.92 Å². The summed E-state index contributed by atoms with van der Waals surface area (Å²) in [5.74, 6) is 0.739. The lowest BCUT2D eigenvalue weighted by Crippen LogP contribution is -2.04. The van der Waals surface area contributed by atoms with E-state index >= 15 is 0 Å². The highest BCUT2D eigenvalue weighted by Crippen LogP contribution is 2.41. The Morgan fingerprint density at radius 2 is 1.89 bits per heavy atom. The Kier molecular flexibility index (Phi) is 3.28. The maximum atomic E-state index is 9.93. The highest BCUT2D eigenvalue weighted by molar-refractivity contribution is 5.45. The molecule has 3 heteroatoms. The molecule has 1 aromatic carbocycles. The minimum atomic E-state index is 0.0250.